The first-order chi connectivity index (χ1) is 22.4. The van der Waals surface area contributed by atoms with Crippen molar-refractivity contribution in [3.05, 3.63) is 158 Å². The minimum atomic E-state index is 0.904. The Morgan fingerprint density at radius 2 is 0.778 bits per heavy atom. The van der Waals surface area contributed by atoms with E-state index >= 15 is 0 Å². The molecule has 0 unspecified atom stereocenters. The largest absolute Gasteiger partial charge is 0.454 e. The lowest BCUT2D eigenvalue weighted by Gasteiger charge is -2.18. The second-order valence-electron chi connectivity index (χ2n) is 11.7. The van der Waals surface area contributed by atoms with Gasteiger partial charge in [0.05, 0.1) is 33.4 Å². The van der Waals surface area contributed by atoms with Gasteiger partial charge in [-0.25, -0.2) is 0 Å². The zero-order chi connectivity index (χ0) is 29.5. The number of fused-ring (bicyclic) bond motifs is 10. The number of aromatic nitrogens is 2. The molecule has 3 heterocycles. The van der Waals surface area contributed by atoms with E-state index in [0.717, 1.165) is 49.9 Å². The summed E-state index contributed by atoms with van der Waals surface area (Å²) in [5, 5.41) is 7.17. The van der Waals surface area contributed by atoms with E-state index in [-0.39, 0.29) is 0 Å². The third-order valence-corrected chi connectivity index (χ3v) is 9.34. The van der Waals surface area contributed by atoms with E-state index in [2.05, 4.69) is 161 Å². The highest BCUT2D eigenvalue weighted by molar-refractivity contribution is 6.21. The minimum absolute atomic E-state index is 0.904. The normalized spacial score (nSPS) is 12.0. The molecule has 210 valence electrons. The maximum absolute atomic E-state index is 6.66. The zero-order valence-electron chi connectivity index (χ0n) is 24.3. The second-order valence-corrected chi connectivity index (χ2v) is 11.7. The predicted octanol–water partition coefficient (Wildman–Crippen LogP) is 11.4. The lowest BCUT2D eigenvalue weighted by Crippen LogP contribution is -2.01. The zero-order valence-corrected chi connectivity index (χ0v) is 24.3. The molecule has 0 saturated carbocycles. The highest BCUT2D eigenvalue weighted by Gasteiger charge is 2.22. The summed E-state index contributed by atoms with van der Waals surface area (Å²) in [5.74, 6) is 0. The molecule has 0 N–H and O–H groups in total. The number of benzene rings is 7. The third-order valence-electron chi connectivity index (χ3n) is 9.34. The van der Waals surface area contributed by atoms with Crippen LogP contribution in [0.1, 0.15) is 0 Å². The topological polar surface area (TPSA) is 23.0 Å². The summed E-state index contributed by atoms with van der Waals surface area (Å²) in [6, 6.07) is 56.5. The molecular weight excluding hydrogens is 548 g/mol. The van der Waals surface area contributed by atoms with Crippen LogP contribution >= 0.6 is 0 Å². The van der Waals surface area contributed by atoms with Crippen molar-refractivity contribution in [2.75, 3.05) is 0 Å². The molecule has 3 nitrogen and oxygen atoms in total. The van der Waals surface area contributed by atoms with Crippen molar-refractivity contribution in [3.63, 3.8) is 0 Å². The second kappa shape index (κ2) is 9.22. The van der Waals surface area contributed by atoms with Crippen LogP contribution < -0.4 is 0 Å². The van der Waals surface area contributed by atoms with Gasteiger partial charge in [0.2, 0.25) is 0 Å². The molecule has 7 aromatic carbocycles. The third kappa shape index (κ3) is 3.35. The Hall–Kier alpha value is -6.06. The summed E-state index contributed by atoms with van der Waals surface area (Å²) in [7, 11) is 0. The molecule has 0 bridgehead atoms. The van der Waals surface area contributed by atoms with Crippen molar-refractivity contribution in [1.29, 1.82) is 0 Å². The molecular formula is C42H26N2O. The van der Waals surface area contributed by atoms with E-state index in [9.17, 15) is 0 Å². The summed E-state index contributed by atoms with van der Waals surface area (Å²) >= 11 is 0. The number of hydrogen-bond acceptors (Lipinski definition) is 1. The van der Waals surface area contributed by atoms with Gasteiger partial charge < -0.3 is 13.6 Å². The van der Waals surface area contributed by atoms with Crippen LogP contribution in [0.3, 0.4) is 0 Å². The predicted molar refractivity (Wildman–Crippen MR) is 188 cm³/mol. The smallest absolute Gasteiger partial charge is 0.160 e. The number of rotatable bonds is 3. The summed E-state index contributed by atoms with van der Waals surface area (Å²) < 4.78 is 11.5. The monoisotopic (exact) mass is 574 g/mol. The van der Waals surface area contributed by atoms with Crippen LogP contribution in [0.5, 0.6) is 0 Å². The summed E-state index contributed by atoms with van der Waals surface area (Å²) in [6.45, 7) is 0. The van der Waals surface area contributed by atoms with Crippen molar-refractivity contribution in [1.82, 2.24) is 9.13 Å². The molecule has 0 amide bonds. The van der Waals surface area contributed by atoms with E-state index in [0.29, 0.717) is 0 Å². The van der Waals surface area contributed by atoms with Crippen LogP contribution in [0.15, 0.2) is 162 Å². The average molecular weight is 575 g/mol. The molecule has 0 fully saturated rings. The number of nitrogens with zero attached hydrogens (tertiary/aromatic N) is 2. The Labute approximate surface area is 258 Å². The Kier molecular flexibility index (Phi) is 5.00. The van der Waals surface area contributed by atoms with Crippen LogP contribution in [0, 0.1) is 0 Å². The first kappa shape index (κ1) is 24.4. The van der Waals surface area contributed by atoms with E-state index < -0.39 is 0 Å². The lowest BCUT2D eigenvalue weighted by molar-refractivity contribution is 0.671. The molecule has 0 atom stereocenters. The van der Waals surface area contributed by atoms with Crippen LogP contribution in [0.4, 0.5) is 0 Å². The standard InChI is InChI=1S/C42H26N2O/c1-7-19-35-27(13-1)28-14-2-8-20-36(28)43(35)37-21-9-3-15-29(37)30-16-4-10-22-38(30)44-39-23-11-5-17-31(39)33-25-26-34-32-18-6-12-24-40(32)45-42(34)41(33)44/h1-26H. The maximum atomic E-state index is 6.66. The highest BCUT2D eigenvalue weighted by Crippen LogP contribution is 2.43. The van der Waals surface area contributed by atoms with Crippen LogP contribution in [-0.4, -0.2) is 9.13 Å². The highest BCUT2D eigenvalue weighted by atomic mass is 16.3. The van der Waals surface area contributed by atoms with Crippen molar-refractivity contribution in [2.45, 2.75) is 0 Å². The minimum Gasteiger partial charge on any atom is -0.454 e. The Balaban J connectivity index is 1.33. The van der Waals surface area contributed by atoms with Gasteiger partial charge in [-0.1, -0.05) is 115 Å². The van der Waals surface area contributed by atoms with Gasteiger partial charge in [0.15, 0.2) is 5.58 Å². The van der Waals surface area contributed by atoms with Gasteiger partial charge in [-0.2, -0.15) is 0 Å². The molecule has 0 saturated heterocycles. The van der Waals surface area contributed by atoms with Gasteiger partial charge in [-0.05, 0) is 42.5 Å². The van der Waals surface area contributed by atoms with E-state index in [4.69, 9.17) is 4.42 Å². The fraction of sp³-hybridized carbons (Fsp3) is 0. The first-order valence-corrected chi connectivity index (χ1v) is 15.4. The quantitative estimate of drug-likeness (QED) is 0.206. The Morgan fingerprint density at radius 3 is 1.42 bits per heavy atom. The van der Waals surface area contributed by atoms with Crippen molar-refractivity contribution >= 4 is 65.6 Å². The summed E-state index contributed by atoms with van der Waals surface area (Å²) in [5.41, 5.74) is 11.1. The Bertz CT molecular complexity index is 2720. The van der Waals surface area contributed by atoms with Gasteiger partial charge in [0.25, 0.3) is 0 Å². The van der Waals surface area contributed by atoms with Gasteiger partial charge in [-0.15, -0.1) is 0 Å². The van der Waals surface area contributed by atoms with Crippen LogP contribution in [0.25, 0.3) is 88.1 Å². The SMILES string of the molecule is c1ccc(-n2c3ccccc3c3ccccc32)c(-c2ccccc2-n2c3ccccc3c3ccc4c5ccccc5oc4c32)c1. The van der Waals surface area contributed by atoms with Gasteiger partial charge in [0, 0.05) is 43.4 Å². The van der Waals surface area contributed by atoms with Crippen LogP contribution in [0.2, 0.25) is 0 Å². The first-order valence-electron chi connectivity index (χ1n) is 15.4. The number of para-hydroxylation sites is 6. The molecule has 10 aromatic rings. The molecule has 3 aromatic heterocycles. The number of hydrogen-bond donors (Lipinski definition) is 0. The molecule has 0 spiro atoms. The van der Waals surface area contributed by atoms with E-state index in [1.807, 2.05) is 6.07 Å². The molecule has 45 heavy (non-hydrogen) atoms. The fourth-order valence-corrected chi connectivity index (χ4v) is 7.46. The van der Waals surface area contributed by atoms with Crippen LogP contribution in [-0.2, 0) is 0 Å². The maximum Gasteiger partial charge on any atom is 0.160 e. The molecule has 10 rings (SSSR count). The molecule has 0 aliphatic rings. The fourth-order valence-electron chi connectivity index (χ4n) is 7.46. The molecule has 0 aliphatic carbocycles. The van der Waals surface area contributed by atoms with Gasteiger partial charge >= 0.3 is 0 Å². The van der Waals surface area contributed by atoms with E-state index in [1.54, 1.807) is 0 Å². The molecule has 3 heteroatoms. The summed E-state index contributed by atoms with van der Waals surface area (Å²) in [6.07, 6.45) is 0. The van der Waals surface area contributed by atoms with Crippen molar-refractivity contribution in [2.24, 2.45) is 0 Å². The number of furan rings is 1. The van der Waals surface area contributed by atoms with Crippen molar-refractivity contribution < 1.29 is 4.42 Å². The average Bonchev–Trinajstić information content (AvgIpc) is 3.76. The molecule has 0 aliphatic heterocycles. The molecule has 0 radical (unpaired) electrons. The lowest BCUT2D eigenvalue weighted by atomic mass is 10.0. The van der Waals surface area contributed by atoms with Crippen molar-refractivity contribution in [3.8, 4) is 22.5 Å². The Morgan fingerprint density at radius 1 is 0.333 bits per heavy atom. The van der Waals surface area contributed by atoms with Gasteiger partial charge in [0.1, 0.15) is 5.58 Å². The summed E-state index contributed by atoms with van der Waals surface area (Å²) in [4.78, 5) is 0. The van der Waals surface area contributed by atoms with E-state index in [1.165, 1.54) is 38.1 Å². The van der Waals surface area contributed by atoms with Gasteiger partial charge in [-0.3, -0.25) is 0 Å².